The molecule has 4 nitrogen and oxygen atoms in total. The van der Waals surface area contributed by atoms with E-state index < -0.39 is 0 Å². The summed E-state index contributed by atoms with van der Waals surface area (Å²) in [6.07, 6.45) is 1.34. The normalized spacial score (nSPS) is 12.0. The lowest BCUT2D eigenvalue weighted by Gasteiger charge is -2.18. The number of hydrogen-bond acceptors (Lipinski definition) is 3. The van der Waals surface area contributed by atoms with Crippen LogP contribution < -0.4 is 0 Å². The van der Waals surface area contributed by atoms with Crippen LogP contribution in [-0.4, -0.2) is 27.5 Å². The Morgan fingerprint density at radius 3 is 2.67 bits per heavy atom. The Balaban J connectivity index is 2.17. The molecule has 0 saturated heterocycles. The molecule has 0 amide bonds. The molecule has 1 aromatic carbocycles. The van der Waals surface area contributed by atoms with Gasteiger partial charge in [-0.15, -0.1) is 0 Å². The molecule has 114 valence electrons. The number of ketones is 1. The van der Waals surface area contributed by atoms with Gasteiger partial charge in [-0.2, -0.15) is 0 Å². The molecule has 0 fully saturated rings. The molecule has 0 spiro atoms. The van der Waals surface area contributed by atoms with Crippen molar-refractivity contribution in [2.75, 3.05) is 6.61 Å². The number of carbonyl (C=O) groups excluding carboxylic acids is 1. The van der Waals surface area contributed by atoms with Crippen molar-refractivity contribution in [3.05, 3.63) is 30.1 Å². The van der Waals surface area contributed by atoms with E-state index in [-0.39, 0.29) is 18.0 Å². The van der Waals surface area contributed by atoms with Crippen LogP contribution in [-0.2, 0) is 22.5 Å². The Bertz CT molecular complexity index is 623. The molecule has 0 atom stereocenters. The molecular formula is C17H24N2O2. The summed E-state index contributed by atoms with van der Waals surface area (Å²) >= 11 is 0. The first kappa shape index (κ1) is 15.7. The third-order valence-electron chi connectivity index (χ3n) is 3.20. The van der Waals surface area contributed by atoms with Gasteiger partial charge in [0.05, 0.1) is 23.1 Å². The zero-order valence-corrected chi connectivity index (χ0v) is 13.3. The van der Waals surface area contributed by atoms with Gasteiger partial charge in [-0.3, -0.25) is 4.79 Å². The Hall–Kier alpha value is -1.68. The summed E-state index contributed by atoms with van der Waals surface area (Å²) < 4.78 is 7.69. The highest BCUT2D eigenvalue weighted by atomic mass is 16.5. The molecule has 0 aliphatic carbocycles. The molecule has 0 N–H and O–H groups in total. The van der Waals surface area contributed by atoms with Crippen molar-refractivity contribution in [1.82, 2.24) is 9.55 Å². The van der Waals surface area contributed by atoms with Gasteiger partial charge in [-0.25, -0.2) is 4.98 Å². The molecular weight excluding hydrogens is 264 g/mol. The Kier molecular flexibility index (Phi) is 4.78. The Labute approximate surface area is 126 Å². The third-order valence-corrected chi connectivity index (χ3v) is 3.20. The number of carbonyl (C=O) groups is 1. The van der Waals surface area contributed by atoms with Crippen molar-refractivity contribution in [1.29, 1.82) is 0 Å². The van der Waals surface area contributed by atoms with Crippen LogP contribution >= 0.6 is 0 Å². The van der Waals surface area contributed by atoms with E-state index in [2.05, 4.69) is 22.5 Å². The molecule has 1 aromatic heterocycles. The van der Waals surface area contributed by atoms with Gasteiger partial charge in [0, 0.05) is 6.54 Å². The number of benzene rings is 1. The second kappa shape index (κ2) is 6.39. The van der Waals surface area contributed by atoms with Crippen LogP contribution in [0.3, 0.4) is 0 Å². The number of Topliss-reactive ketones (excluding diaryl/α,β-unsaturated/α-hetero) is 1. The lowest BCUT2D eigenvalue weighted by molar-refractivity contribution is -0.127. The van der Waals surface area contributed by atoms with E-state index in [9.17, 15) is 4.79 Å². The lowest BCUT2D eigenvalue weighted by Crippen LogP contribution is -2.25. The first-order valence-corrected chi connectivity index (χ1v) is 7.50. The number of ether oxygens (including phenoxy) is 1. The zero-order chi connectivity index (χ0) is 15.5. The van der Waals surface area contributed by atoms with E-state index in [1.165, 1.54) is 0 Å². The largest absolute Gasteiger partial charge is 0.368 e. The van der Waals surface area contributed by atoms with Gasteiger partial charge < -0.3 is 9.30 Å². The highest BCUT2D eigenvalue weighted by Gasteiger charge is 2.16. The second-order valence-corrected chi connectivity index (χ2v) is 6.28. The predicted octanol–water partition coefficient (Wildman–Crippen LogP) is 3.37. The molecule has 0 bridgehead atoms. The molecule has 0 aliphatic heterocycles. The van der Waals surface area contributed by atoms with Crippen LogP contribution in [0.15, 0.2) is 24.3 Å². The van der Waals surface area contributed by atoms with E-state index >= 15 is 0 Å². The number of nitrogens with zero attached hydrogens (tertiary/aromatic N) is 2. The van der Waals surface area contributed by atoms with Gasteiger partial charge in [-0.1, -0.05) is 19.1 Å². The zero-order valence-electron chi connectivity index (χ0n) is 13.3. The van der Waals surface area contributed by atoms with E-state index in [1.54, 1.807) is 0 Å². The molecule has 21 heavy (non-hydrogen) atoms. The topological polar surface area (TPSA) is 44.1 Å². The third kappa shape index (κ3) is 4.14. The maximum absolute atomic E-state index is 12.1. The fourth-order valence-electron chi connectivity index (χ4n) is 2.26. The first-order valence-electron chi connectivity index (χ1n) is 7.50. The Morgan fingerprint density at radius 2 is 2.00 bits per heavy atom. The standard InChI is InChI=1S/C17H24N2O2/c1-5-10-19-15-9-7-6-8-14(15)18-16(19)11-13(20)12-21-17(2,3)4/h6-9H,5,10-12H2,1-4H3. The van der Waals surface area contributed by atoms with Crippen LogP contribution in [0.1, 0.15) is 39.9 Å². The number of imidazole rings is 1. The molecule has 0 radical (unpaired) electrons. The van der Waals surface area contributed by atoms with Gasteiger partial charge in [0.1, 0.15) is 12.4 Å². The number of aromatic nitrogens is 2. The average molecular weight is 288 g/mol. The highest BCUT2D eigenvalue weighted by Crippen LogP contribution is 2.17. The van der Waals surface area contributed by atoms with Crippen molar-refractivity contribution in [3.8, 4) is 0 Å². The van der Waals surface area contributed by atoms with E-state index in [0.717, 1.165) is 29.8 Å². The minimum Gasteiger partial charge on any atom is -0.368 e. The van der Waals surface area contributed by atoms with Crippen LogP contribution in [0.4, 0.5) is 0 Å². The minimum atomic E-state index is -0.292. The van der Waals surface area contributed by atoms with Crippen molar-refractivity contribution in [2.45, 2.75) is 52.7 Å². The summed E-state index contributed by atoms with van der Waals surface area (Å²) in [6.45, 7) is 9.00. The van der Waals surface area contributed by atoms with Crippen LogP contribution in [0.2, 0.25) is 0 Å². The minimum absolute atomic E-state index is 0.0672. The molecule has 4 heteroatoms. The van der Waals surface area contributed by atoms with E-state index in [4.69, 9.17) is 4.74 Å². The summed E-state index contributed by atoms with van der Waals surface area (Å²) in [4.78, 5) is 16.7. The summed E-state index contributed by atoms with van der Waals surface area (Å²) in [6, 6.07) is 8.02. The highest BCUT2D eigenvalue weighted by molar-refractivity contribution is 5.83. The van der Waals surface area contributed by atoms with Gasteiger partial charge >= 0.3 is 0 Å². The summed E-state index contributed by atoms with van der Waals surface area (Å²) in [5.74, 6) is 0.901. The van der Waals surface area contributed by atoms with Crippen LogP contribution in [0.5, 0.6) is 0 Å². The summed E-state index contributed by atoms with van der Waals surface area (Å²) in [5.41, 5.74) is 1.75. The molecule has 0 unspecified atom stereocenters. The van der Waals surface area contributed by atoms with Crippen molar-refractivity contribution >= 4 is 16.8 Å². The van der Waals surface area contributed by atoms with E-state index in [1.807, 2.05) is 39.0 Å². The number of fused-ring (bicyclic) bond motifs is 1. The van der Waals surface area contributed by atoms with Crippen molar-refractivity contribution in [2.24, 2.45) is 0 Å². The van der Waals surface area contributed by atoms with Crippen molar-refractivity contribution < 1.29 is 9.53 Å². The van der Waals surface area contributed by atoms with E-state index in [0.29, 0.717) is 6.42 Å². The second-order valence-electron chi connectivity index (χ2n) is 6.28. The van der Waals surface area contributed by atoms with Gasteiger partial charge in [-0.05, 0) is 39.3 Å². The fourth-order valence-corrected chi connectivity index (χ4v) is 2.26. The summed E-state index contributed by atoms with van der Waals surface area (Å²) in [5, 5.41) is 0. The molecule has 2 aromatic rings. The first-order chi connectivity index (χ1) is 9.90. The van der Waals surface area contributed by atoms with Gasteiger partial charge in [0.25, 0.3) is 0 Å². The molecule has 0 saturated carbocycles. The Morgan fingerprint density at radius 1 is 1.29 bits per heavy atom. The van der Waals surface area contributed by atoms with Crippen LogP contribution in [0.25, 0.3) is 11.0 Å². The quantitative estimate of drug-likeness (QED) is 0.818. The average Bonchev–Trinajstić information content (AvgIpc) is 2.74. The number of hydrogen-bond donors (Lipinski definition) is 0. The van der Waals surface area contributed by atoms with Crippen molar-refractivity contribution in [3.63, 3.8) is 0 Å². The van der Waals surface area contributed by atoms with Gasteiger partial charge in [0.2, 0.25) is 0 Å². The smallest absolute Gasteiger partial charge is 0.165 e. The van der Waals surface area contributed by atoms with Crippen LogP contribution in [0, 0.1) is 0 Å². The van der Waals surface area contributed by atoms with Gasteiger partial charge in [0.15, 0.2) is 5.78 Å². The maximum atomic E-state index is 12.1. The maximum Gasteiger partial charge on any atom is 0.165 e. The fraction of sp³-hybridized carbons (Fsp3) is 0.529. The lowest BCUT2D eigenvalue weighted by atomic mass is 10.2. The molecule has 1 heterocycles. The predicted molar refractivity (Wildman–Crippen MR) is 84.4 cm³/mol. The SMILES string of the molecule is CCCn1c(CC(=O)COC(C)(C)C)nc2ccccc21. The number of aryl methyl sites for hydroxylation is 1. The summed E-state index contributed by atoms with van der Waals surface area (Å²) in [7, 11) is 0. The molecule has 2 rings (SSSR count). The number of rotatable bonds is 6. The monoisotopic (exact) mass is 288 g/mol. The number of para-hydroxylation sites is 2. The molecule has 0 aliphatic rings.